The molecular weight excluding hydrogens is 156 g/mol. The molecule has 0 rings (SSSR count). The van der Waals surface area contributed by atoms with Crippen LogP contribution in [0.4, 0.5) is 0 Å². The second-order valence-electron chi connectivity index (χ2n) is 2.37. The van der Waals surface area contributed by atoms with Crippen LogP contribution in [-0.4, -0.2) is 35.4 Å². The normalized spacial score (nSPS) is 10.2. The molecule has 0 spiro atoms. The lowest BCUT2D eigenvalue weighted by molar-refractivity contribution is -0.125. The van der Waals surface area contributed by atoms with E-state index in [1.807, 2.05) is 6.92 Å². The van der Waals surface area contributed by atoms with E-state index >= 15 is 0 Å². The van der Waals surface area contributed by atoms with Crippen LogP contribution in [0.3, 0.4) is 0 Å². The fourth-order valence-corrected chi connectivity index (χ4v) is 0.577. The third kappa shape index (κ3) is 3.30. The minimum absolute atomic E-state index is 0.103. The molecule has 0 heterocycles. The van der Waals surface area contributed by atoms with Crippen LogP contribution in [0.15, 0.2) is 12.2 Å². The predicted octanol–water partition coefficient (Wildman–Crippen LogP) is 0.381. The van der Waals surface area contributed by atoms with Gasteiger partial charge in [0, 0.05) is 7.05 Å². The number of aliphatic hydroxyl groups is 1. The van der Waals surface area contributed by atoms with Crippen molar-refractivity contribution in [2.75, 3.05) is 13.8 Å². The quantitative estimate of drug-likeness (QED) is 0.473. The number of nitrogens with zero attached hydrogens (tertiary/aromatic N) is 1. The van der Waals surface area contributed by atoms with E-state index in [4.69, 9.17) is 10.5 Å². The summed E-state index contributed by atoms with van der Waals surface area (Å²) in [5, 5.41) is 15.8. The van der Waals surface area contributed by atoms with Gasteiger partial charge >= 0.3 is 0 Å². The topological polar surface area (TPSA) is 64.4 Å². The number of carbonyl (C=O) groups excluding carboxylic acids is 1. The number of hydrogen-bond acceptors (Lipinski definition) is 3. The Morgan fingerprint density at radius 3 is 2.67 bits per heavy atom. The van der Waals surface area contributed by atoms with Crippen LogP contribution in [0.2, 0.25) is 0 Å². The number of amides is 1. The van der Waals surface area contributed by atoms with E-state index in [2.05, 4.69) is 0 Å². The number of nitrogens with one attached hydrogen (secondary N) is 1. The molecule has 12 heavy (non-hydrogen) atoms. The molecule has 0 fully saturated rings. The van der Waals surface area contributed by atoms with E-state index < -0.39 is 5.91 Å². The fraction of sp³-hybridized carbons (Fsp3) is 0.500. The van der Waals surface area contributed by atoms with Crippen molar-refractivity contribution in [2.24, 2.45) is 0 Å². The molecule has 68 valence electrons. The lowest BCUT2D eigenvalue weighted by atomic mass is 10.3. The maximum atomic E-state index is 11.1. The van der Waals surface area contributed by atoms with E-state index in [1.54, 1.807) is 6.08 Å². The Hall–Kier alpha value is -1.16. The second kappa shape index (κ2) is 5.49. The third-order valence-electron chi connectivity index (χ3n) is 1.31. The summed E-state index contributed by atoms with van der Waals surface area (Å²) in [6, 6.07) is 0. The van der Waals surface area contributed by atoms with Crippen molar-refractivity contribution in [1.29, 1.82) is 5.41 Å². The summed E-state index contributed by atoms with van der Waals surface area (Å²) < 4.78 is 0. The van der Waals surface area contributed by atoms with Crippen LogP contribution in [0, 0.1) is 5.41 Å². The highest BCUT2D eigenvalue weighted by Gasteiger charge is 2.09. The summed E-state index contributed by atoms with van der Waals surface area (Å²) >= 11 is 0. The van der Waals surface area contributed by atoms with Gasteiger partial charge in [0.25, 0.3) is 5.91 Å². The predicted molar refractivity (Wildman–Crippen MR) is 47.0 cm³/mol. The van der Waals surface area contributed by atoms with E-state index in [9.17, 15) is 4.79 Å². The SMILES string of the molecule is CC/C=C\C(=N)C(=O)N(C)CO. The zero-order valence-electron chi connectivity index (χ0n) is 7.37. The highest BCUT2D eigenvalue weighted by atomic mass is 16.3. The number of rotatable bonds is 4. The van der Waals surface area contributed by atoms with Gasteiger partial charge in [-0.3, -0.25) is 10.2 Å². The average Bonchev–Trinajstić information content (AvgIpc) is 2.11. The zero-order chi connectivity index (χ0) is 9.56. The molecule has 4 nitrogen and oxygen atoms in total. The summed E-state index contributed by atoms with van der Waals surface area (Å²) in [4.78, 5) is 12.1. The van der Waals surface area contributed by atoms with Gasteiger partial charge < -0.3 is 10.0 Å². The third-order valence-corrected chi connectivity index (χ3v) is 1.31. The van der Waals surface area contributed by atoms with Crippen LogP contribution < -0.4 is 0 Å². The van der Waals surface area contributed by atoms with E-state index in [1.165, 1.54) is 13.1 Å². The molecule has 0 aliphatic heterocycles. The van der Waals surface area contributed by atoms with E-state index in [0.717, 1.165) is 11.3 Å². The first-order valence-corrected chi connectivity index (χ1v) is 3.74. The molecule has 1 amide bonds. The summed E-state index contributed by atoms with van der Waals surface area (Å²) in [7, 11) is 1.44. The molecule has 0 bridgehead atoms. The van der Waals surface area contributed by atoms with Gasteiger partial charge in [0.15, 0.2) is 0 Å². The number of allylic oxidation sites excluding steroid dienone is 1. The monoisotopic (exact) mass is 170 g/mol. The first-order valence-electron chi connectivity index (χ1n) is 3.74. The highest BCUT2D eigenvalue weighted by Crippen LogP contribution is 1.88. The molecule has 0 atom stereocenters. The molecule has 2 N–H and O–H groups in total. The van der Waals surface area contributed by atoms with Gasteiger partial charge in [-0.15, -0.1) is 0 Å². The summed E-state index contributed by atoms with van der Waals surface area (Å²) in [6.45, 7) is 1.56. The van der Waals surface area contributed by atoms with E-state index in [0.29, 0.717) is 0 Å². The van der Waals surface area contributed by atoms with Gasteiger partial charge in [0.1, 0.15) is 12.4 Å². The lowest BCUT2D eigenvalue weighted by Gasteiger charge is -2.11. The minimum atomic E-state index is -0.470. The van der Waals surface area contributed by atoms with Crippen LogP contribution in [0.5, 0.6) is 0 Å². The average molecular weight is 170 g/mol. The van der Waals surface area contributed by atoms with Crippen molar-refractivity contribution in [3.05, 3.63) is 12.2 Å². The van der Waals surface area contributed by atoms with Crippen LogP contribution in [0.25, 0.3) is 0 Å². The fourth-order valence-electron chi connectivity index (χ4n) is 0.577. The van der Waals surface area contributed by atoms with E-state index in [-0.39, 0.29) is 12.4 Å². The van der Waals surface area contributed by atoms with Gasteiger partial charge in [-0.25, -0.2) is 0 Å². The molecule has 0 unspecified atom stereocenters. The van der Waals surface area contributed by atoms with Crippen molar-refractivity contribution in [1.82, 2.24) is 4.90 Å². The lowest BCUT2D eigenvalue weighted by Crippen LogP contribution is -2.32. The Bertz CT molecular complexity index is 199. The van der Waals surface area contributed by atoms with Gasteiger partial charge in [-0.1, -0.05) is 13.0 Å². The number of aliphatic hydroxyl groups excluding tert-OH is 1. The number of hydrogen-bond donors (Lipinski definition) is 2. The van der Waals surface area contributed by atoms with Crippen LogP contribution in [0.1, 0.15) is 13.3 Å². The molecule has 0 radical (unpaired) electrons. The van der Waals surface area contributed by atoms with Crippen molar-refractivity contribution in [3.8, 4) is 0 Å². The van der Waals surface area contributed by atoms with Crippen LogP contribution in [-0.2, 0) is 4.79 Å². The van der Waals surface area contributed by atoms with Crippen molar-refractivity contribution >= 4 is 11.6 Å². The molecule has 0 aromatic carbocycles. The summed E-state index contributed by atoms with van der Waals surface area (Å²) in [5.41, 5.74) is -0.103. The van der Waals surface area contributed by atoms with Gasteiger partial charge in [0.2, 0.25) is 0 Å². The molecular formula is C8H14N2O2. The standard InChI is InChI=1S/C8H14N2O2/c1-3-4-5-7(9)8(12)10(2)6-11/h4-5,9,11H,3,6H2,1-2H3/b5-4-,9-7?. The molecule has 0 aromatic rings. The molecule has 0 aliphatic carbocycles. The maximum absolute atomic E-state index is 11.1. The van der Waals surface area contributed by atoms with Gasteiger partial charge in [0.05, 0.1) is 0 Å². The van der Waals surface area contributed by atoms with Crippen LogP contribution >= 0.6 is 0 Å². The molecule has 0 aromatic heterocycles. The molecule has 4 heteroatoms. The first kappa shape index (κ1) is 10.8. The van der Waals surface area contributed by atoms with Crippen molar-refractivity contribution in [2.45, 2.75) is 13.3 Å². The molecule has 0 aliphatic rings. The Balaban J connectivity index is 4.11. The molecule has 0 saturated carbocycles. The van der Waals surface area contributed by atoms with Gasteiger partial charge in [-0.2, -0.15) is 0 Å². The Labute approximate surface area is 72.0 Å². The van der Waals surface area contributed by atoms with Gasteiger partial charge in [-0.05, 0) is 12.5 Å². The largest absolute Gasteiger partial charge is 0.376 e. The zero-order valence-corrected chi connectivity index (χ0v) is 7.37. The number of carbonyl (C=O) groups is 1. The summed E-state index contributed by atoms with van der Waals surface area (Å²) in [5.74, 6) is -0.470. The van der Waals surface area contributed by atoms with Crippen molar-refractivity contribution in [3.63, 3.8) is 0 Å². The first-order chi connectivity index (χ1) is 5.63. The summed E-state index contributed by atoms with van der Waals surface area (Å²) in [6.07, 6.45) is 3.96. The minimum Gasteiger partial charge on any atom is -0.376 e. The maximum Gasteiger partial charge on any atom is 0.273 e. The van der Waals surface area contributed by atoms with Crippen molar-refractivity contribution < 1.29 is 9.90 Å². The Kier molecular flexibility index (Phi) is 4.96. The Morgan fingerprint density at radius 2 is 2.25 bits per heavy atom. The smallest absolute Gasteiger partial charge is 0.273 e. The second-order valence-corrected chi connectivity index (χ2v) is 2.37. The molecule has 0 saturated heterocycles. The highest BCUT2D eigenvalue weighted by molar-refractivity contribution is 6.41. The Morgan fingerprint density at radius 1 is 1.67 bits per heavy atom.